The molecule has 4 aromatic rings. The molecule has 4 rings (SSSR count). The van der Waals surface area contributed by atoms with Crippen molar-refractivity contribution in [3.63, 3.8) is 0 Å². The average Bonchev–Trinajstić information content (AvgIpc) is 2.91. The van der Waals surface area contributed by atoms with Crippen molar-refractivity contribution < 1.29 is 70.3 Å². The Morgan fingerprint density at radius 3 is 1.42 bits per heavy atom. The van der Waals surface area contributed by atoms with Crippen molar-refractivity contribution in [3.8, 4) is 11.5 Å². The number of hydrogen-bond acceptors (Lipinski definition) is 9. The second-order valence-corrected chi connectivity index (χ2v) is 11.2. The van der Waals surface area contributed by atoms with Crippen LogP contribution < -0.4 is 4.74 Å². The van der Waals surface area contributed by atoms with E-state index in [1.165, 1.54) is 24.3 Å². The zero-order valence-corrected chi connectivity index (χ0v) is 22.7. The fourth-order valence-electron chi connectivity index (χ4n) is 3.53. The van der Waals surface area contributed by atoms with Gasteiger partial charge in [-0.25, -0.2) is 19.2 Å². The second kappa shape index (κ2) is 12.2. The fraction of sp³-hybridized carbons (Fsp3) is 0. The number of benzene rings is 4. The van der Waals surface area contributed by atoms with Gasteiger partial charge >= 0.3 is 23.9 Å². The van der Waals surface area contributed by atoms with Crippen LogP contribution in [0.3, 0.4) is 0 Å². The van der Waals surface area contributed by atoms with Crippen molar-refractivity contribution in [2.24, 2.45) is 0 Å². The monoisotopic (exact) mass is 634 g/mol. The number of carboxylic acids is 4. The van der Waals surface area contributed by atoms with Crippen LogP contribution in [0.4, 0.5) is 0 Å². The van der Waals surface area contributed by atoms with Crippen molar-refractivity contribution >= 4 is 54.9 Å². The summed E-state index contributed by atoms with van der Waals surface area (Å²) in [5.41, 5.74) is -1.03. The maximum absolute atomic E-state index is 11.3. The molecule has 4 aromatic carbocycles. The lowest BCUT2D eigenvalue weighted by Crippen LogP contribution is -2.04. The van der Waals surface area contributed by atoms with E-state index in [0.717, 1.165) is 48.5 Å². The average molecular weight is 635 g/mol. The van der Waals surface area contributed by atoms with E-state index in [1.807, 2.05) is 0 Å². The summed E-state index contributed by atoms with van der Waals surface area (Å²) in [6, 6.07) is 13.4. The summed E-state index contributed by atoms with van der Waals surface area (Å²) in [5, 5.41) is 35.9. The van der Waals surface area contributed by atoms with Gasteiger partial charge in [0.25, 0.3) is 20.2 Å². The first-order chi connectivity index (χ1) is 19.9. The van der Waals surface area contributed by atoms with E-state index in [2.05, 4.69) is 0 Å². The fourth-order valence-corrected chi connectivity index (χ4v) is 4.75. The highest BCUT2D eigenvalue weighted by Crippen LogP contribution is 2.27. The number of ether oxygens (including phenoxy) is 1. The smallest absolute Gasteiger partial charge is 0.335 e. The van der Waals surface area contributed by atoms with Crippen LogP contribution in [0.2, 0.25) is 0 Å². The first-order valence-corrected chi connectivity index (χ1v) is 14.1. The molecule has 17 heteroatoms. The van der Waals surface area contributed by atoms with Gasteiger partial charge in [0, 0.05) is 5.39 Å². The van der Waals surface area contributed by atoms with E-state index in [1.54, 1.807) is 0 Å². The lowest BCUT2D eigenvalue weighted by molar-refractivity contribution is 0.0680. The lowest BCUT2D eigenvalue weighted by atomic mass is 10.0. The third-order valence-corrected chi connectivity index (χ3v) is 7.21. The number of aromatic carboxylic acids is 4. The third kappa shape index (κ3) is 8.11. The Bertz CT molecular complexity index is 1960. The van der Waals surface area contributed by atoms with Crippen molar-refractivity contribution in [3.05, 3.63) is 95.1 Å². The number of carboxylic acid groups (broad SMARTS) is 4. The van der Waals surface area contributed by atoms with Gasteiger partial charge in [0.05, 0.1) is 27.1 Å². The summed E-state index contributed by atoms with van der Waals surface area (Å²) >= 11 is 0. The minimum Gasteiger partial charge on any atom is -0.478 e. The number of hydrogen-bond donors (Lipinski definition) is 6. The maximum Gasteiger partial charge on any atom is 0.335 e. The number of rotatable bonds is 8. The molecule has 0 saturated carbocycles. The Morgan fingerprint density at radius 1 is 0.512 bits per heavy atom. The minimum atomic E-state index is -4.63. The molecule has 0 aliphatic heterocycles. The van der Waals surface area contributed by atoms with Crippen LogP contribution in [0.15, 0.2) is 82.6 Å². The Hall–Kier alpha value is -5.36. The van der Waals surface area contributed by atoms with Crippen LogP contribution in [-0.2, 0) is 20.2 Å². The highest BCUT2D eigenvalue weighted by Gasteiger charge is 2.19. The first-order valence-electron chi connectivity index (χ1n) is 11.3. The normalized spacial score (nSPS) is 11.2. The molecule has 15 nitrogen and oxygen atoms in total. The molecule has 0 aliphatic carbocycles. The molecule has 0 spiro atoms. The Balaban J connectivity index is 0.000000238. The summed E-state index contributed by atoms with van der Waals surface area (Å²) in [7, 11) is -8.97. The van der Waals surface area contributed by atoms with Gasteiger partial charge in [0.1, 0.15) is 16.4 Å². The highest BCUT2D eigenvalue weighted by molar-refractivity contribution is 7.86. The van der Waals surface area contributed by atoms with Gasteiger partial charge < -0.3 is 25.2 Å². The summed E-state index contributed by atoms with van der Waals surface area (Å²) < 4.78 is 67.8. The van der Waals surface area contributed by atoms with Crippen LogP contribution in [-0.4, -0.2) is 70.2 Å². The van der Waals surface area contributed by atoms with Gasteiger partial charge in [-0.2, -0.15) is 16.8 Å². The molecule has 0 bridgehead atoms. The van der Waals surface area contributed by atoms with E-state index >= 15 is 0 Å². The molecule has 0 aromatic heterocycles. The van der Waals surface area contributed by atoms with Gasteiger partial charge in [0.2, 0.25) is 0 Å². The van der Waals surface area contributed by atoms with Crippen molar-refractivity contribution in [1.82, 2.24) is 0 Å². The zero-order valence-electron chi connectivity index (χ0n) is 21.1. The molecule has 0 amide bonds. The molecule has 6 N–H and O–H groups in total. The van der Waals surface area contributed by atoms with Crippen molar-refractivity contribution in [2.45, 2.75) is 9.79 Å². The molecular weight excluding hydrogens is 616 g/mol. The topological polar surface area (TPSA) is 267 Å². The molecule has 0 aliphatic rings. The SMILES string of the molecule is O=C(O)c1cc(Oc2ccc(S(=O)(=O)O)cc2)cc(C(=O)O)c1.O=C(O)c1ccc2c(S(=O)(=O)O)cc(C(=O)O)cc2c1. The molecule has 0 saturated heterocycles. The molecule has 0 fully saturated rings. The molecule has 224 valence electrons. The van der Waals surface area contributed by atoms with Crippen molar-refractivity contribution in [1.29, 1.82) is 0 Å². The Labute approximate surface area is 241 Å². The maximum atomic E-state index is 11.3. The van der Waals surface area contributed by atoms with E-state index in [0.29, 0.717) is 0 Å². The van der Waals surface area contributed by atoms with Crippen LogP contribution >= 0.6 is 0 Å². The predicted molar refractivity (Wildman–Crippen MR) is 144 cm³/mol. The Kier molecular flexibility index (Phi) is 9.16. The van der Waals surface area contributed by atoms with E-state index in [-0.39, 0.29) is 49.4 Å². The predicted octanol–water partition coefficient (Wildman–Crippen LogP) is 3.60. The largest absolute Gasteiger partial charge is 0.478 e. The van der Waals surface area contributed by atoms with Gasteiger partial charge in [-0.15, -0.1) is 0 Å². The number of fused-ring (bicyclic) bond motifs is 1. The summed E-state index contributed by atoms with van der Waals surface area (Å²) in [6.07, 6.45) is 0. The summed E-state index contributed by atoms with van der Waals surface area (Å²) in [6.45, 7) is 0. The Morgan fingerprint density at radius 2 is 0.977 bits per heavy atom. The van der Waals surface area contributed by atoms with Crippen LogP contribution in [0.25, 0.3) is 10.8 Å². The third-order valence-electron chi connectivity index (χ3n) is 5.44. The molecule has 0 radical (unpaired) electrons. The second-order valence-electron chi connectivity index (χ2n) is 8.40. The van der Waals surface area contributed by atoms with Gasteiger partial charge in [-0.05, 0) is 72.1 Å². The van der Waals surface area contributed by atoms with Crippen LogP contribution in [0.5, 0.6) is 11.5 Å². The summed E-state index contributed by atoms with van der Waals surface area (Å²) in [4.78, 5) is 42.9. The van der Waals surface area contributed by atoms with Crippen molar-refractivity contribution in [2.75, 3.05) is 0 Å². The zero-order chi connectivity index (χ0) is 32.3. The lowest BCUT2D eigenvalue weighted by Gasteiger charge is -2.08. The van der Waals surface area contributed by atoms with Crippen LogP contribution in [0.1, 0.15) is 41.4 Å². The van der Waals surface area contributed by atoms with E-state index in [9.17, 15) is 36.0 Å². The molecule has 43 heavy (non-hydrogen) atoms. The van der Waals surface area contributed by atoms with Gasteiger partial charge in [0.15, 0.2) is 0 Å². The molecule has 0 heterocycles. The van der Waals surface area contributed by atoms with Crippen LogP contribution in [0, 0.1) is 0 Å². The van der Waals surface area contributed by atoms with E-state index < -0.39 is 49.0 Å². The van der Waals surface area contributed by atoms with E-state index in [4.69, 9.17) is 34.3 Å². The number of carbonyl (C=O) groups is 4. The standard InChI is InChI=1S/C14H10O8S.C12H8O7S/c15-13(16)8-5-9(14(17)18)7-11(6-8)22-10-1-3-12(4-2-10)23(19,20)21;13-11(14)6-1-2-9-7(3-6)4-8(12(15)16)5-10(9)20(17,18)19/h1-7H,(H,15,16)(H,17,18)(H,19,20,21);1-5H,(H,13,14)(H,15,16)(H,17,18,19). The highest BCUT2D eigenvalue weighted by atomic mass is 32.2. The molecule has 0 atom stereocenters. The first kappa shape index (κ1) is 32.2. The molecule has 0 unspecified atom stereocenters. The molecular formula is C26H18O15S2. The van der Waals surface area contributed by atoms with Gasteiger partial charge in [-0.1, -0.05) is 6.07 Å². The quantitative estimate of drug-likeness (QED) is 0.151. The summed E-state index contributed by atoms with van der Waals surface area (Å²) in [5.74, 6) is -5.17. The minimum absolute atomic E-state index is 0.0399. The van der Waals surface area contributed by atoms with Gasteiger partial charge in [-0.3, -0.25) is 9.11 Å².